The summed E-state index contributed by atoms with van der Waals surface area (Å²) in [6.07, 6.45) is 2.50. The molecule has 1 aromatic carbocycles. The van der Waals surface area contributed by atoms with Crippen LogP contribution in [-0.2, 0) is 6.54 Å². The maximum atomic E-state index is 3.61. The molecule has 1 unspecified atom stereocenters. The predicted molar refractivity (Wildman–Crippen MR) is 89.0 cm³/mol. The molecule has 1 atom stereocenters. The fourth-order valence-corrected chi connectivity index (χ4v) is 2.54. The minimum absolute atomic E-state index is 0.623. The normalized spacial score (nSPS) is 13.2. The van der Waals surface area contributed by atoms with Gasteiger partial charge in [0.05, 0.1) is 0 Å². The molecule has 0 aromatic heterocycles. The van der Waals surface area contributed by atoms with Gasteiger partial charge in [-0.15, -0.1) is 0 Å². The van der Waals surface area contributed by atoms with Gasteiger partial charge in [-0.05, 0) is 44.0 Å². The zero-order valence-electron chi connectivity index (χ0n) is 13.9. The first-order chi connectivity index (χ1) is 9.54. The third kappa shape index (κ3) is 6.06. The Morgan fingerprint density at radius 2 is 1.85 bits per heavy atom. The lowest BCUT2D eigenvalue weighted by Gasteiger charge is -2.29. The van der Waals surface area contributed by atoms with Crippen molar-refractivity contribution in [3.05, 3.63) is 35.4 Å². The molecule has 0 saturated heterocycles. The minimum Gasteiger partial charge on any atom is -0.315 e. The van der Waals surface area contributed by atoms with Crippen molar-refractivity contribution in [1.82, 2.24) is 10.2 Å². The second kappa shape index (κ2) is 9.15. The molecule has 0 aliphatic carbocycles. The lowest BCUT2D eigenvalue weighted by atomic mass is 10.1. The molecule has 0 spiro atoms. The smallest absolute Gasteiger partial charge is 0.0236 e. The molecule has 1 N–H and O–H groups in total. The molecule has 2 nitrogen and oxygen atoms in total. The molecule has 2 heteroatoms. The van der Waals surface area contributed by atoms with E-state index in [9.17, 15) is 0 Å². The Morgan fingerprint density at radius 1 is 1.15 bits per heavy atom. The standard InChI is InChI=1S/C18H32N2/c1-6-9-18(13-19-12-15(2)3)20(5)14-17-11-8-7-10-16(17)4/h7-8,10-11,15,18-19H,6,9,12-14H2,1-5H3. The average Bonchev–Trinajstić information content (AvgIpc) is 2.40. The van der Waals surface area contributed by atoms with E-state index < -0.39 is 0 Å². The summed E-state index contributed by atoms with van der Waals surface area (Å²) < 4.78 is 0. The number of benzene rings is 1. The van der Waals surface area contributed by atoms with Crippen LogP contribution in [0.4, 0.5) is 0 Å². The van der Waals surface area contributed by atoms with Crippen LogP contribution in [0.5, 0.6) is 0 Å². The van der Waals surface area contributed by atoms with E-state index in [1.807, 2.05) is 0 Å². The Morgan fingerprint density at radius 3 is 2.45 bits per heavy atom. The number of likely N-dealkylation sites (N-methyl/N-ethyl adjacent to an activating group) is 1. The van der Waals surface area contributed by atoms with Crippen molar-refractivity contribution in [1.29, 1.82) is 0 Å². The van der Waals surface area contributed by atoms with Gasteiger partial charge in [-0.2, -0.15) is 0 Å². The molecule has 0 radical (unpaired) electrons. The van der Waals surface area contributed by atoms with E-state index in [2.05, 4.69) is 69.2 Å². The molecule has 0 heterocycles. The van der Waals surface area contributed by atoms with Gasteiger partial charge in [-0.3, -0.25) is 4.90 Å². The minimum atomic E-state index is 0.623. The predicted octanol–water partition coefficient (Wildman–Crippen LogP) is 3.84. The quantitative estimate of drug-likeness (QED) is 0.737. The third-order valence-electron chi connectivity index (χ3n) is 3.86. The summed E-state index contributed by atoms with van der Waals surface area (Å²) in [5.74, 6) is 0.721. The highest BCUT2D eigenvalue weighted by Crippen LogP contribution is 2.13. The molecular formula is C18H32N2. The van der Waals surface area contributed by atoms with Crippen molar-refractivity contribution >= 4 is 0 Å². The van der Waals surface area contributed by atoms with Crippen LogP contribution in [0, 0.1) is 12.8 Å². The van der Waals surface area contributed by atoms with Crippen LogP contribution >= 0.6 is 0 Å². The van der Waals surface area contributed by atoms with Gasteiger partial charge in [0.25, 0.3) is 0 Å². The highest BCUT2D eigenvalue weighted by molar-refractivity contribution is 5.25. The molecule has 0 saturated carbocycles. The fourth-order valence-electron chi connectivity index (χ4n) is 2.54. The molecule has 0 aliphatic rings. The first-order valence-corrected chi connectivity index (χ1v) is 8.00. The molecule has 1 aromatic rings. The molecule has 0 fully saturated rings. The molecule has 114 valence electrons. The first kappa shape index (κ1) is 17.2. The maximum Gasteiger partial charge on any atom is 0.0236 e. The Kier molecular flexibility index (Phi) is 7.86. The second-order valence-corrected chi connectivity index (χ2v) is 6.34. The van der Waals surface area contributed by atoms with Crippen LogP contribution in [0.1, 0.15) is 44.7 Å². The Hall–Kier alpha value is -0.860. The summed E-state index contributed by atoms with van der Waals surface area (Å²) in [7, 11) is 2.25. The average molecular weight is 276 g/mol. The van der Waals surface area contributed by atoms with Gasteiger partial charge in [0, 0.05) is 19.1 Å². The largest absolute Gasteiger partial charge is 0.315 e. The zero-order chi connectivity index (χ0) is 15.0. The molecule has 1 rings (SSSR count). The molecule has 20 heavy (non-hydrogen) atoms. The summed E-state index contributed by atoms with van der Waals surface area (Å²) in [4.78, 5) is 2.50. The van der Waals surface area contributed by atoms with E-state index in [1.54, 1.807) is 0 Å². The maximum absolute atomic E-state index is 3.61. The number of rotatable bonds is 9. The van der Waals surface area contributed by atoms with Crippen molar-refractivity contribution in [3.63, 3.8) is 0 Å². The topological polar surface area (TPSA) is 15.3 Å². The van der Waals surface area contributed by atoms with Gasteiger partial charge >= 0.3 is 0 Å². The van der Waals surface area contributed by atoms with Crippen molar-refractivity contribution in [2.75, 3.05) is 20.1 Å². The lowest BCUT2D eigenvalue weighted by Crippen LogP contribution is -2.40. The van der Waals surface area contributed by atoms with E-state index in [0.29, 0.717) is 6.04 Å². The highest BCUT2D eigenvalue weighted by Gasteiger charge is 2.14. The molecule has 0 bridgehead atoms. The van der Waals surface area contributed by atoms with Gasteiger partial charge < -0.3 is 5.32 Å². The van der Waals surface area contributed by atoms with Crippen LogP contribution in [0.2, 0.25) is 0 Å². The fraction of sp³-hybridized carbons (Fsp3) is 0.667. The summed E-state index contributed by atoms with van der Waals surface area (Å²) in [6, 6.07) is 9.33. The van der Waals surface area contributed by atoms with Gasteiger partial charge in [0.1, 0.15) is 0 Å². The number of aryl methyl sites for hydroxylation is 1. The second-order valence-electron chi connectivity index (χ2n) is 6.34. The monoisotopic (exact) mass is 276 g/mol. The van der Waals surface area contributed by atoms with E-state index in [-0.39, 0.29) is 0 Å². The summed E-state index contributed by atoms with van der Waals surface area (Å²) in [6.45, 7) is 12.2. The number of hydrogen-bond donors (Lipinski definition) is 1. The third-order valence-corrected chi connectivity index (χ3v) is 3.86. The summed E-state index contributed by atoms with van der Waals surface area (Å²) >= 11 is 0. The van der Waals surface area contributed by atoms with Gasteiger partial charge in [-0.25, -0.2) is 0 Å². The van der Waals surface area contributed by atoms with Crippen LogP contribution in [-0.4, -0.2) is 31.1 Å². The Labute approximate surface area is 125 Å². The van der Waals surface area contributed by atoms with E-state index in [0.717, 1.165) is 25.6 Å². The number of hydrogen-bond acceptors (Lipinski definition) is 2. The van der Waals surface area contributed by atoms with E-state index in [1.165, 1.54) is 24.0 Å². The summed E-state index contributed by atoms with van der Waals surface area (Å²) in [5.41, 5.74) is 2.84. The van der Waals surface area contributed by atoms with Gasteiger partial charge in [0.2, 0.25) is 0 Å². The Balaban J connectivity index is 2.55. The van der Waals surface area contributed by atoms with Crippen LogP contribution in [0.25, 0.3) is 0 Å². The molecule has 0 aliphatic heterocycles. The SMILES string of the molecule is CCCC(CNCC(C)C)N(C)Cc1ccccc1C. The van der Waals surface area contributed by atoms with Gasteiger partial charge in [-0.1, -0.05) is 51.5 Å². The molecular weight excluding hydrogens is 244 g/mol. The number of nitrogens with zero attached hydrogens (tertiary/aromatic N) is 1. The van der Waals surface area contributed by atoms with Crippen LogP contribution in [0.3, 0.4) is 0 Å². The first-order valence-electron chi connectivity index (χ1n) is 8.00. The zero-order valence-corrected chi connectivity index (χ0v) is 13.9. The Bertz CT molecular complexity index is 373. The van der Waals surface area contributed by atoms with Crippen molar-refractivity contribution in [2.24, 2.45) is 5.92 Å². The van der Waals surface area contributed by atoms with Crippen LogP contribution < -0.4 is 5.32 Å². The lowest BCUT2D eigenvalue weighted by molar-refractivity contribution is 0.213. The van der Waals surface area contributed by atoms with Gasteiger partial charge in [0.15, 0.2) is 0 Å². The summed E-state index contributed by atoms with van der Waals surface area (Å²) in [5, 5.41) is 3.61. The number of nitrogens with one attached hydrogen (secondary N) is 1. The molecule has 0 amide bonds. The van der Waals surface area contributed by atoms with Crippen molar-refractivity contribution < 1.29 is 0 Å². The van der Waals surface area contributed by atoms with Crippen molar-refractivity contribution in [3.8, 4) is 0 Å². The van der Waals surface area contributed by atoms with Crippen LogP contribution in [0.15, 0.2) is 24.3 Å². The van der Waals surface area contributed by atoms with E-state index in [4.69, 9.17) is 0 Å². The van der Waals surface area contributed by atoms with E-state index >= 15 is 0 Å². The highest BCUT2D eigenvalue weighted by atomic mass is 15.1. The van der Waals surface area contributed by atoms with Crippen molar-refractivity contribution in [2.45, 2.75) is 53.1 Å².